The van der Waals surface area contributed by atoms with Gasteiger partial charge in [-0.15, -0.1) is 0 Å². The SMILES string of the molecule is CN(CCCC(=O)O)C(=O)CCc1ncc(-c2ccc(Cl)cc2Cl)o1. The van der Waals surface area contributed by atoms with Crippen LogP contribution in [0.4, 0.5) is 0 Å². The maximum Gasteiger partial charge on any atom is 0.303 e. The molecule has 0 saturated heterocycles. The summed E-state index contributed by atoms with van der Waals surface area (Å²) < 4.78 is 5.65. The molecule has 0 unspecified atom stereocenters. The molecule has 2 aromatic rings. The topological polar surface area (TPSA) is 83.6 Å². The van der Waals surface area contributed by atoms with Crippen LogP contribution in [-0.4, -0.2) is 40.5 Å². The molecule has 0 bridgehead atoms. The molecule has 0 aliphatic carbocycles. The summed E-state index contributed by atoms with van der Waals surface area (Å²) in [6.07, 6.45) is 2.62. The predicted molar refractivity (Wildman–Crippen MR) is 94.8 cm³/mol. The van der Waals surface area contributed by atoms with Crippen molar-refractivity contribution in [1.29, 1.82) is 0 Å². The van der Waals surface area contributed by atoms with Crippen LogP contribution in [0.15, 0.2) is 28.8 Å². The zero-order chi connectivity index (χ0) is 18.4. The lowest BCUT2D eigenvalue weighted by Crippen LogP contribution is -2.28. The van der Waals surface area contributed by atoms with Gasteiger partial charge in [0.1, 0.15) is 0 Å². The van der Waals surface area contributed by atoms with Crippen molar-refractivity contribution in [3.8, 4) is 11.3 Å². The highest BCUT2D eigenvalue weighted by molar-refractivity contribution is 6.36. The fraction of sp³-hybridized carbons (Fsp3) is 0.353. The lowest BCUT2D eigenvalue weighted by molar-refractivity contribution is -0.138. The van der Waals surface area contributed by atoms with E-state index in [1.54, 1.807) is 31.4 Å². The van der Waals surface area contributed by atoms with Crippen molar-refractivity contribution in [2.75, 3.05) is 13.6 Å². The summed E-state index contributed by atoms with van der Waals surface area (Å²) in [5.74, 6) is -0.00378. The second-order valence-corrected chi connectivity index (χ2v) is 6.40. The van der Waals surface area contributed by atoms with Gasteiger partial charge in [0.15, 0.2) is 11.7 Å². The summed E-state index contributed by atoms with van der Waals surface area (Å²) in [4.78, 5) is 28.2. The molecule has 134 valence electrons. The molecule has 2 rings (SSSR count). The van der Waals surface area contributed by atoms with Crippen LogP contribution < -0.4 is 0 Å². The molecule has 1 aromatic heterocycles. The number of hydrogen-bond acceptors (Lipinski definition) is 4. The minimum Gasteiger partial charge on any atom is -0.481 e. The first-order valence-corrected chi connectivity index (χ1v) is 8.48. The van der Waals surface area contributed by atoms with Crippen molar-refractivity contribution in [2.45, 2.75) is 25.7 Å². The molecule has 1 heterocycles. The molecule has 1 N–H and O–H groups in total. The van der Waals surface area contributed by atoms with E-state index in [2.05, 4.69) is 4.98 Å². The maximum atomic E-state index is 12.0. The highest BCUT2D eigenvalue weighted by Crippen LogP contribution is 2.30. The second-order valence-electron chi connectivity index (χ2n) is 5.56. The van der Waals surface area contributed by atoms with E-state index in [1.807, 2.05) is 0 Å². The van der Waals surface area contributed by atoms with Gasteiger partial charge in [-0.2, -0.15) is 0 Å². The Morgan fingerprint density at radius 1 is 1.28 bits per heavy atom. The standard InChI is InChI=1S/C17H18Cl2N2O4/c1-21(8-2-3-17(23)24)16(22)7-6-15-20-10-14(25-15)12-5-4-11(18)9-13(12)19/h4-5,9-10H,2-3,6-8H2,1H3,(H,23,24). The molecule has 0 aliphatic rings. The van der Waals surface area contributed by atoms with Gasteiger partial charge >= 0.3 is 5.97 Å². The first-order valence-electron chi connectivity index (χ1n) is 7.72. The zero-order valence-corrected chi connectivity index (χ0v) is 15.2. The van der Waals surface area contributed by atoms with E-state index in [4.69, 9.17) is 32.7 Å². The highest BCUT2D eigenvalue weighted by atomic mass is 35.5. The van der Waals surface area contributed by atoms with Gasteiger partial charge in [-0.05, 0) is 24.6 Å². The van der Waals surface area contributed by atoms with E-state index in [0.717, 1.165) is 0 Å². The third-order valence-electron chi connectivity index (χ3n) is 3.61. The van der Waals surface area contributed by atoms with Crippen molar-refractivity contribution in [1.82, 2.24) is 9.88 Å². The molecule has 0 radical (unpaired) electrons. The first kappa shape index (κ1) is 19.3. The van der Waals surface area contributed by atoms with Gasteiger partial charge in [-0.25, -0.2) is 4.98 Å². The lowest BCUT2D eigenvalue weighted by Gasteiger charge is -2.15. The number of nitrogens with zero attached hydrogens (tertiary/aromatic N) is 2. The molecule has 0 saturated carbocycles. The number of aryl methyl sites for hydroxylation is 1. The van der Waals surface area contributed by atoms with Crippen molar-refractivity contribution in [3.63, 3.8) is 0 Å². The van der Waals surface area contributed by atoms with Crippen molar-refractivity contribution in [3.05, 3.63) is 40.3 Å². The van der Waals surface area contributed by atoms with Crippen LogP contribution in [0.1, 0.15) is 25.2 Å². The summed E-state index contributed by atoms with van der Waals surface area (Å²) in [6.45, 7) is 0.405. The van der Waals surface area contributed by atoms with Gasteiger partial charge in [-0.1, -0.05) is 23.2 Å². The van der Waals surface area contributed by atoms with E-state index >= 15 is 0 Å². The number of aromatic nitrogens is 1. The maximum absolute atomic E-state index is 12.0. The number of halogens is 2. The first-order chi connectivity index (χ1) is 11.9. The minimum absolute atomic E-state index is 0.0442. The number of carbonyl (C=O) groups excluding carboxylic acids is 1. The number of carbonyl (C=O) groups is 2. The van der Waals surface area contributed by atoms with Crippen molar-refractivity contribution in [2.24, 2.45) is 0 Å². The van der Waals surface area contributed by atoms with E-state index in [0.29, 0.717) is 46.6 Å². The fourth-order valence-electron chi connectivity index (χ4n) is 2.24. The summed E-state index contributed by atoms with van der Waals surface area (Å²) >= 11 is 12.0. The number of carboxylic acid groups (broad SMARTS) is 1. The van der Waals surface area contributed by atoms with E-state index < -0.39 is 5.97 Å². The third-order valence-corrected chi connectivity index (χ3v) is 4.16. The second kappa shape index (κ2) is 8.87. The third kappa shape index (κ3) is 5.76. The molecule has 1 aromatic carbocycles. The summed E-state index contributed by atoms with van der Waals surface area (Å²) in [5, 5.41) is 9.60. The van der Waals surface area contributed by atoms with Gasteiger partial charge in [0.2, 0.25) is 5.91 Å². The minimum atomic E-state index is -0.867. The Morgan fingerprint density at radius 2 is 2.04 bits per heavy atom. The van der Waals surface area contributed by atoms with E-state index in [1.165, 1.54) is 4.90 Å². The van der Waals surface area contributed by atoms with Gasteiger partial charge in [-0.3, -0.25) is 9.59 Å². The largest absolute Gasteiger partial charge is 0.481 e. The molecule has 0 aliphatic heterocycles. The van der Waals surface area contributed by atoms with Crippen LogP contribution in [-0.2, 0) is 16.0 Å². The number of oxazole rings is 1. The molecule has 1 amide bonds. The van der Waals surface area contributed by atoms with Crippen LogP contribution in [0.3, 0.4) is 0 Å². The zero-order valence-electron chi connectivity index (χ0n) is 13.7. The Kier molecular flexibility index (Phi) is 6.84. The number of hydrogen-bond donors (Lipinski definition) is 1. The molecular weight excluding hydrogens is 367 g/mol. The van der Waals surface area contributed by atoms with Gasteiger partial charge < -0.3 is 14.4 Å². The number of benzene rings is 1. The van der Waals surface area contributed by atoms with Crippen LogP contribution >= 0.6 is 23.2 Å². The molecular formula is C17H18Cl2N2O4. The van der Waals surface area contributed by atoms with Crippen LogP contribution in [0.2, 0.25) is 10.0 Å². The smallest absolute Gasteiger partial charge is 0.303 e. The fourth-order valence-corrected chi connectivity index (χ4v) is 2.74. The highest BCUT2D eigenvalue weighted by Gasteiger charge is 2.14. The molecule has 0 spiro atoms. The monoisotopic (exact) mass is 384 g/mol. The Hall–Kier alpha value is -2.05. The van der Waals surface area contributed by atoms with Crippen LogP contribution in [0, 0.1) is 0 Å². The molecule has 0 atom stereocenters. The average molecular weight is 385 g/mol. The van der Waals surface area contributed by atoms with Crippen LogP contribution in [0.25, 0.3) is 11.3 Å². The number of aliphatic carboxylic acids is 1. The lowest BCUT2D eigenvalue weighted by atomic mass is 10.2. The number of rotatable bonds is 8. The Balaban J connectivity index is 1.88. The molecule has 6 nitrogen and oxygen atoms in total. The summed E-state index contributed by atoms with van der Waals surface area (Å²) in [6, 6.07) is 5.08. The van der Waals surface area contributed by atoms with E-state index in [9.17, 15) is 9.59 Å². The Labute approximate surface area is 155 Å². The van der Waals surface area contributed by atoms with Crippen molar-refractivity contribution >= 4 is 35.1 Å². The molecule has 0 fully saturated rings. The van der Waals surface area contributed by atoms with E-state index in [-0.39, 0.29) is 18.7 Å². The normalized spacial score (nSPS) is 10.7. The quantitative estimate of drug-likeness (QED) is 0.745. The van der Waals surface area contributed by atoms with Gasteiger partial charge in [0, 0.05) is 43.4 Å². The Bertz CT molecular complexity index is 761. The summed E-state index contributed by atoms with van der Waals surface area (Å²) in [5.41, 5.74) is 0.682. The predicted octanol–water partition coefficient (Wildman–Crippen LogP) is 3.90. The number of carboxylic acids is 1. The van der Waals surface area contributed by atoms with Gasteiger partial charge in [0.25, 0.3) is 0 Å². The molecule has 25 heavy (non-hydrogen) atoms. The van der Waals surface area contributed by atoms with Crippen molar-refractivity contribution < 1.29 is 19.1 Å². The summed E-state index contributed by atoms with van der Waals surface area (Å²) in [7, 11) is 1.65. The molecule has 8 heteroatoms. The average Bonchev–Trinajstić information content (AvgIpc) is 3.00. The Morgan fingerprint density at radius 3 is 2.72 bits per heavy atom. The number of amides is 1. The van der Waals surface area contributed by atoms with Crippen LogP contribution in [0.5, 0.6) is 0 Å². The van der Waals surface area contributed by atoms with Gasteiger partial charge in [0.05, 0.1) is 11.2 Å².